The fraction of sp³-hybridized carbons (Fsp3) is 0.680. The Morgan fingerprint density at radius 2 is 1.68 bits per heavy atom. The van der Waals surface area contributed by atoms with Gasteiger partial charge >= 0.3 is 12.1 Å². The lowest BCUT2D eigenvalue weighted by Crippen LogP contribution is -2.48. The number of amides is 1. The number of nitrogens with one attached hydrogen (secondary N) is 1. The van der Waals surface area contributed by atoms with E-state index in [1.165, 1.54) is 10.7 Å². The first-order valence-electron chi connectivity index (χ1n) is 13.0. The monoisotopic (exact) mass is 564 g/mol. The number of carbonyl (C=O) groups is 2. The minimum atomic E-state index is -5.08. The van der Waals surface area contributed by atoms with Gasteiger partial charge in [-0.2, -0.15) is 17.5 Å². The second-order valence-electron chi connectivity index (χ2n) is 9.47. The predicted molar refractivity (Wildman–Crippen MR) is 137 cm³/mol. The highest BCUT2D eigenvalue weighted by Crippen LogP contribution is 2.20. The first kappa shape index (κ1) is 32.0. The van der Waals surface area contributed by atoms with Crippen LogP contribution >= 0.6 is 0 Å². The highest BCUT2D eigenvalue weighted by atomic mass is 32.2. The molecule has 0 radical (unpaired) electrons. The van der Waals surface area contributed by atoms with E-state index in [9.17, 15) is 26.4 Å². The number of hydrogen-bond donors (Lipinski definition) is 2. The van der Waals surface area contributed by atoms with Crippen LogP contribution in [0.1, 0.15) is 45.1 Å². The maximum Gasteiger partial charge on any atom is 0.490 e. The van der Waals surface area contributed by atoms with Crippen molar-refractivity contribution in [3.05, 3.63) is 29.8 Å². The lowest BCUT2D eigenvalue weighted by molar-refractivity contribution is -0.192. The molecule has 1 aromatic carbocycles. The number of benzene rings is 1. The number of carbonyl (C=O) groups excluding carboxylic acids is 1. The molecule has 1 unspecified atom stereocenters. The number of piperazine rings is 1. The van der Waals surface area contributed by atoms with Gasteiger partial charge in [0, 0.05) is 58.3 Å². The predicted octanol–water partition coefficient (Wildman–Crippen LogP) is 2.57. The molecule has 1 atom stereocenters. The standard InChI is InChI=1S/C23H38N4O3S.C2HF3O2/c1-3-21-7-9-22(10-8-21)31(29,30)27(19-18-25-14-5-4-6-20(25)2)15-11-23(28)26-16-12-24-13-17-26;3-2(4,5)1(6)7/h7-10,20,24H,3-6,11-19H2,1-2H3;(H,6,7). The Bertz CT molecular complexity index is 999. The van der Waals surface area contributed by atoms with Crippen LogP contribution in [0.4, 0.5) is 13.2 Å². The normalized spacial score (nSPS) is 19.1. The van der Waals surface area contributed by atoms with Gasteiger partial charge in [-0.05, 0) is 50.4 Å². The third-order valence-electron chi connectivity index (χ3n) is 6.83. The molecule has 2 heterocycles. The first-order chi connectivity index (χ1) is 17.9. The molecule has 2 aliphatic heterocycles. The maximum atomic E-state index is 13.4. The summed E-state index contributed by atoms with van der Waals surface area (Å²) in [6.45, 7) is 9.60. The Morgan fingerprint density at radius 1 is 1.08 bits per heavy atom. The number of rotatable bonds is 9. The summed E-state index contributed by atoms with van der Waals surface area (Å²) >= 11 is 0. The van der Waals surface area contributed by atoms with Crippen LogP contribution in [0, 0.1) is 0 Å². The average molecular weight is 565 g/mol. The number of carboxylic acids is 1. The molecule has 1 amide bonds. The van der Waals surface area contributed by atoms with E-state index in [0.29, 0.717) is 37.1 Å². The molecule has 13 heteroatoms. The molecule has 9 nitrogen and oxygen atoms in total. The van der Waals surface area contributed by atoms with Crippen molar-refractivity contribution in [2.24, 2.45) is 0 Å². The van der Waals surface area contributed by atoms with Crippen LogP contribution in [-0.2, 0) is 26.0 Å². The molecule has 0 bridgehead atoms. The Morgan fingerprint density at radius 3 is 2.21 bits per heavy atom. The van der Waals surface area contributed by atoms with Crippen molar-refractivity contribution in [2.75, 3.05) is 52.4 Å². The highest BCUT2D eigenvalue weighted by molar-refractivity contribution is 7.89. The fourth-order valence-electron chi connectivity index (χ4n) is 4.42. The number of likely N-dealkylation sites (tertiary alicyclic amines) is 1. The summed E-state index contributed by atoms with van der Waals surface area (Å²) in [6.07, 6.45) is -0.426. The van der Waals surface area contributed by atoms with E-state index in [-0.39, 0.29) is 18.9 Å². The van der Waals surface area contributed by atoms with E-state index in [4.69, 9.17) is 9.90 Å². The molecule has 2 saturated heterocycles. The van der Waals surface area contributed by atoms with Gasteiger partial charge in [-0.1, -0.05) is 25.5 Å². The number of sulfonamides is 1. The fourth-order valence-corrected chi connectivity index (χ4v) is 5.85. The molecule has 2 N–H and O–H groups in total. The van der Waals surface area contributed by atoms with Crippen molar-refractivity contribution in [1.29, 1.82) is 0 Å². The third kappa shape index (κ3) is 9.83. The minimum Gasteiger partial charge on any atom is -0.475 e. The van der Waals surface area contributed by atoms with Crippen molar-refractivity contribution in [2.45, 2.75) is 63.1 Å². The van der Waals surface area contributed by atoms with E-state index in [2.05, 4.69) is 24.1 Å². The van der Waals surface area contributed by atoms with E-state index >= 15 is 0 Å². The van der Waals surface area contributed by atoms with Gasteiger partial charge in [0.25, 0.3) is 0 Å². The van der Waals surface area contributed by atoms with Crippen LogP contribution in [-0.4, -0.2) is 104 Å². The summed E-state index contributed by atoms with van der Waals surface area (Å²) in [6, 6.07) is 7.63. The van der Waals surface area contributed by atoms with Gasteiger partial charge in [0.15, 0.2) is 0 Å². The topological polar surface area (TPSA) is 110 Å². The SMILES string of the molecule is CCc1ccc(S(=O)(=O)N(CCC(=O)N2CCNCC2)CCN2CCCCC2C)cc1.O=C(O)C(F)(F)F. The Hall–Kier alpha value is -2.22. The molecule has 0 saturated carbocycles. The van der Waals surface area contributed by atoms with Crippen molar-refractivity contribution in [3.8, 4) is 0 Å². The highest BCUT2D eigenvalue weighted by Gasteiger charge is 2.38. The summed E-state index contributed by atoms with van der Waals surface area (Å²) in [5, 5.41) is 10.4. The van der Waals surface area contributed by atoms with Crippen LogP contribution in [0.25, 0.3) is 0 Å². The van der Waals surface area contributed by atoms with Gasteiger partial charge in [0.1, 0.15) is 0 Å². The molecular weight excluding hydrogens is 525 g/mol. The largest absolute Gasteiger partial charge is 0.490 e. The Labute approximate surface area is 223 Å². The number of halogens is 3. The maximum absolute atomic E-state index is 13.4. The van der Waals surface area contributed by atoms with Gasteiger partial charge in [0.2, 0.25) is 15.9 Å². The number of aliphatic carboxylic acids is 1. The van der Waals surface area contributed by atoms with Crippen molar-refractivity contribution < 1.29 is 36.3 Å². The lowest BCUT2D eigenvalue weighted by atomic mass is 10.0. The van der Waals surface area contributed by atoms with E-state index in [1.807, 2.05) is 17.0 Å². The second kappa shape index (κ2) is 14.8. The molecular formula is C25H39F3N4O5S. The van der Waals surface area contributed by atoms with E-state index in [0.717, 1.165) is 44.5 Å². The van der Waals surface area contributed by atoms with Gasteiger partial charge < -0.3 is 15.3 Å². The van der Waals surface area contributed by atoms with Gasteiger partial charge in [-0.15, -0.1) is 0 Å². The lowest BCUT2D eigenvalue weighted by Gasteiger charge is -2.35. The van der Waals surface area contributed by atoms with Crippen LogP contribution < -0.4 is 5.32 Å². The molecule has 3 rings (SSSR count). The molecule has 2 fully saturated rings. The third-order valence-corrected chi connectivity index (χ3v) is 8.75. The van der Waals surface area contributed by atoms with Gasteiger partial charge in [0.05, 0.1) is 4.90 Å². The Balaban J connectivity index is 0.000000638. The van der Waals surface area contributed by atoms with Crippen LogP contribution in [0.5, 0.6) is 0 Å². The quantitative estimate of drug-likeness (QED) is 0.475. The number of aryl methyl sites for hydroxylation is 1. The van der Waals surface area contributed by atoms with Crippen LogP contribution in [0.3, 0.4) is 0 Å². The van der Waals surface area contributed by atoms with Crippen LogP contribution in [0.15, 0.2) is 29.2 Å². The number of carboxylic acid groups (broad SMARTS) is 1. The molecule has 0 aliphatic carbocycles. The number of piperidine rings is 1. The van der Waals surface area contributed by atoms with Crippen molar-refractivity contribution in [1.82, 2.24) is 19.4 Å². The molecule has 0 aromatic heterocycles. The zero-order valence-corrected chi connectivity index (χ0v) is 22.9. The summed E-state index contributed by atoms with van der Waals surface area (Å²) in [4.78, 5) is 26.1. The molecule has 2 aliphatic rings. The van der Waals surface area contributed by atoms with Crippen molar-refractivity contribution in [3.63, 3.8) is 0 Å². The zero-order chi connectivity index (χ0) is 28.3. The minimum absolute atomic E-state index is 0.0365. The number of nitrogens with zero attached hydrogens (tertiary/aromatic N) is 3. The molecule has 216 valence electrons. The van der Waals surface area contributed by atoms with E-state index < -0.39 is 22.2 Å². The average Bonchev–Trinajstić information content (AvgIpc) is 2.89. The van der Waals surface area contributed by atoms with Gasteiger partial charge in [-0.25, -0.2) is 13.2 Å². The summed E-state index contributed by atoms with van der Waals surface area (Å²) < 4.78 is 60.2. The molecule has 0 spiro atoms. The number of alkyl halides is 3. The summed E-state index contributed by atoms with van der Waals surface area (Å²) in [5.74, 6) is -2.72. The Kier molecular flexibility index (Phi) is 12.5. The molecule has 1 aromatic rings. The smallest absolute Gasteiger partial charge is 0.475 e. The first-order valence-corrected chi connectivity index (χ1v) is 14.4. The van der Waals surface area contributed by atoms with Crippen LogP contribution in [0.2, 0.25) is 0 Å². The van der Waals surface area contributed by atoms with Gasteiger partial charge in [-0.3, -0.25) is 9.69 Å². The van der Waals surface area contributed by atoms with Crippen molar-refractivity contribution >= 4 is 21.9 Å². The summed E-state index contributed by atoms with van der Waals surface area (Å²) in [5.41, 5.74) is 1.11. The number of hydrogen-bond acceptors (Lipinski definition) is 6. The molecule has 38 heavy (non-hydrogen) atoms. The summed E-state index contributed by atoms with van der Waals surface area (Å²) in [7, 11) is -3.65. The van der Waals surface area contributed by atoms with E-state index in [1.54, 1.807) is 12.1 Å². The second-order valence-corrected chi connectivity index (χ2v) is 11.4. The zero-order valence-electron chi connectivity index (χ0n) is 22.0.